The Labute approximate surface area is 95.5 Å². The van der Waals surface area contributed by atoms with Crippen LogP contribution < -0.4 is 5.73 Å². The Morgan fingerprint density at radius 1 is 1.38 bits per heavy atom. The van der Waals surface area contributed by atoms with Gasteiger partial charge in [-0.05, 0) is 38.3 Å². The predicted molar refractivity (Wildman–Crippen MR) is 64.7 cm³/mol. The number of nitrogens with two attached hydrogens (primary N) is 1. The summed E-state index contributed by atoms with van der Waals surface area (Å²) in [6.07, 6.45) is 0. The molecule has 0 unspecified atom stereocenters. The van der Waals surface area contributed by atoms with E-state index in [1.807, 2.05) is 6.07 Å². The van der Waals surface area contributed by atoms with Crippen LogP contribution in [0.25, 0.3) is 10.1 Å². The second-order valence-electron chi connectivity index (χ2n) is 2.58. The van der Waals surface area contributed by atoms with Gasteiger partial charge in [0, 0.05) is 15.7 Å². The molecule has 0 saturated heterocycles. The third-order valence-electron chi connectivity index (χ3n) is 1.85. The number of fused-ring (bicyclic) bond motifs is 1. The number of hydrogen-bond acceptors (Lipinski definition) is 2. The van der Waals surface area contributed by atoms with Crippen molar-refractivity contribution in [3.8, 4) is 0 Å². The van der Waals surface area contributed by atoms with Crippen molar-refractivity contribution >= 4 is 49.8 Å². The van der Waals surface area contributed by atoms with E-state index in [4.69, 9.17) is 5.73 Å². The molecule has 13 heavy (non-hydrogen) atoms. The SMILES string of the molecule is Cl.NCc1csc2c(Br)cccc12. The van der Waals surface area contributed by atoms with Gasteiger partial charge in [0.1, 0.15) is 0 Å². The first-order valence-corrected chi connectivity index (χ1v) is 5.35. The van der Waals surface area contributed by atoms with Crippen LogP contribution in [-0.2, 0) is 6.54 Å². The quantitative estimate of drug-likeness (QED) is 0.848. The zero-order valence-corrected chi connectivity index (χ0v) is 10.0. The van der Waals surface area contributed by atoms with E-state index in [0.29, 0.717) is 6.54 Å². The molecule has 0 bridgehead atoms. The number of rotatable bonds is 1. The lowest BCUT2D eigenvalue weighted by Gasteiger charge is -1.94. The van der Waals surface area contributed by atoms with Crippen LogP contribution >= 0.6 is 39.7 Å². The summed E-state index contributed by atoms with van der Waals surface area (Å²) in [5.41, 5.74) is 6.83. The second kappa shape index (κ2) is 4.42. The van der Waals surface area contributed by atoms with Gasteiger partial charge in [0.15, 0.2) is 0 Å². The van der Waals surface area contributed by atoms with Crippen molar-refractivity contribution in [2.45, 2.75) is 6.54 Å². The molecule has 0 fully saturated rings. The van der Waals surface area contributed by atoms with Gasteiger partial charge in [-0.3, -0.25) is 0 Å². The second-order valence-corrected chi connectivity index (χ2v) is 4.32. The summed E-state index contributed by atoms with van der Waals surface area (Å²) in [6.45, 7) is 0.621. The molecule has 0 radical (unpaired) electrons. The Morgan fingerprint density at radius 3 is 2.85 bits per heavy atom. The molecular formula is C9H9BrClNS. The van der Waals surface area contributed by atoms with Gasteiger partial charge in [-0.15, -0.1) is 23.7 Å². The number of halogens is 2. The third kappa shape index (κ3) is 1.89. The van der Waals surface area contributed by atoms with E-state index in [2.05, 4.69) is 33.4 Å². The Hall–Kier alpha value is -0.0900. The molecular weight excluding hydrogens is 270 g/mol. The van der Waals surface area contributed by atoms with Crippen molar-refractivity contribution in [3.05, 3.63) is 33.6 Å². The van der Waals surface area contributed by atoms with Crippen molar-refractivity contribution in [2.24, 2.45) is 5.73 Å². The average Bonchev–Trinajstić information content (AvgIpc) is 2.49. The van der Waals surface area contributed by atoms with Crippen molar-refractivity contribution < 1.29 is 0 Å². The van der Waals surface area contributed by atoms with E-state index in [9.17, 15) is 0 Å². The topological polar surface area (TPSA) is 26.0 Å². The van der Waals surface area contributed by atoms with E-state index >= 15 is 0 Å². The maximum Gasteiger partial charge on any atom is 0.0488 e. The molecule has 0 aliphatic rings. The number of hydrogen-bond donors (Lipinski definition) is 1. The fourth-order valence-corrected chi connectivity index (χ4v) is 2.87. The predicted octanol–water partition coefficient (Wildman–Crippen LogP) is 3.54. The normalized spacial score (nSPS) is 10.0. The highest BCUT2D eigenvalue weighted by atomic mass is 79.9. The van der Waals surface area contributed by atoms with Crippen LogP contribution in [0.15, 0.2) is 28.1 Å². The molecule has 2 rings (SSSR count). The first-order chi connectivity index (χ1) is 5.83. The molecule has 1 aromatic heterocycles. The minimum absolute atomic E-state index is 0. The third-order valence-corrected chi connectivity index (χ3v) is 3.85. The molecule has 0 aliphatic heterocycles. The smallest absolute Gasteiger partial charge is 0.0488 e. The molecule has 0 spiro atoms. The summed E-state index contributed by atoms with van der Waals surface area (Å²) in [7, 11) is 0. The van der Waals surface area contributed by atoms with E-state index in [0.717, 1.165) is 4.47 Å². The molecule has 1 nitrogen and oxygen atoms in total. The molecule has 2 N–H and O–H groups in total. The van der Waals surface area contributed by atoms with Crippen LogP contribution in [0.5, 0.6) is 0 Å². The lowest BCUT2D eigenvalue weighted by atomic mass is 10.2. The van der Waals surface area contributed by atoms with Gasteiger partial charge in [0.25, 0.3) is 0 Å². The first kappa shape index (κ1) is 11.0. The standard InChI is InChI=1S/C9H8BrNS.ClH/c10-8-3-1-2-7-6(4-11)5-12-9(7)8;/h1-3,5H,4,11H2;1H. The Bertz CT molecular complexity index is 413. The van der Waals surface area contributed by atoms with E-state index in [1.54, 1.807) is 11.3 Å². The Balaban J connectivity index is 0.000000845. The summed E-state index contributed by atoms with van der Waals surface area (Å²) in [5.74, 6) is 0. The first-order valence-electron chi connectivity index (χ1n) is 3.67. The minimum atomic E-state index is 0. The molecule has 70 valence electrons. The van der Waals surface area contributed by atoms with Crippen molar-refractivity contribution in [1.82, 2.24) is 0 Å². The maximum absolute atomic E-state index is 5.60. The average molecular weight is 279 g/mol. The summed E-state index contributed by atoms with van der Waals surface area (Å²) in [4.78, 5) is 0. The highest BCUT2D eigenvalue weighted by molar-refractivity contribution is 9.10. The van der Waals surface area contributed by atoms with E-state index in [1.165, 1.54) is 15.6 Å². The number of benzene rings is 1. The summed E-state index contributed by atoms with van der Waals surface area (Å²) < 4.78 is 2.45. The fourth-order valence-electron chi connectivity index (χ4n) is 1.23. The van der Waals surface area contributed by atoms with Crippen molar-refractivity contribution in [3.63, 3.8) is 0 Å². The van der Waals surface area contributed by atoms with E-state index < -0.39 is 0 Å². The molecule has 0 saturated carbocycles. The molecule has 1 aromatic carbocycles. The van der Waals surface area contributed by atoms with E-state index in [-0.39, 0.29) is 12.4 Å². The van der Waals surface area contributed by atoms with Crippen LogP contribution in [0.3, 0.4) is 0 Å². The Kier molecular flexibility index (Phi) is 3.74. The van der Waals surface area contributed by atoms with Crippen LogP contribution in [-0.4, -0.2) is 0 Å². The fraction of sp³-hybridized carbons (Fsp3) is 0.111. The zero-order valence-electron chi connectivity index (χ0n) is 6.79. The maximum atomic E-state index is 5.60. The van der Waals surface area contributed by atoms with Gasteiger partial charge in [0.05, 0.1) is 0 Å². The number of thiophene rings is 1. The van der Waals surface area contributed by atoms with Crippen molar-refractivity contribution in [1.29, 1.82) is 0 Å². The van der Waals surface area contributed by atoms with Crippen LogP contribution in [0.4, 0.5) is 0 Å². The minimum Gasteiger partial charge on any atom is -0.326 e. The lowest BCUT2D eigenvalue weighted by molar-refractivity contribution is 1.09. The lowest BCUT2D eigenvalue weighted by Crippen LogP contribution is -1.93. The monoisotopic (exact) mass is 277 g/mol. The van der Waals surface area contributed by atoms with Gasteiger partial charge in [-0.1, -0.05) is 12.1 Å². The van der Waals surface area contributed by atoms with Gasteiger partial charge in [-0.2, -0.15) is 0 Å². The highest BCUT2D eigenvalue weighted by Gasteiger charge is 2.03. The highest BCUT2D eigenvalue weighted by Crippen LogP contribution is 2.31. The van der Waals surface area contributed by atoms with Crippen LogP contribution in [0.2, 0.25) is 0 Å². The van der Waals surface area contributed by atoms with Crippen LogP contribution in [0.1, 0.15) is 5.56 Å². The Morgan fingerprint density at radius 2 is 2.15 bits per heavy atom. The summed E-state index contributed by atoms with van der Waals surface area (Å²) in [5, 5.41) is 3.40. The molecule has 1 heterocycles. The van der Waals surface area contributed by atoms with Gasteiger partial charge < -0.3 is 5.73 Å². The molecule has 2 aromatic rings. The summed E-state index contributed by atoms with van der Waals surface area (Å²) >= 11 is 5.25. The molecule has 0 atom stereocenters. The molecule has 0 amide bonds. The van der Waals surface area contributed by atoms with Gasteiger partial charge in [0.2, 0.25) is 0 Å². The summed E-state index contributed by atoms with van der Waals surface area (Å²) in [6, 6.07) is 6.20. The van der Waals surface area contributed by atoms with Gasteiger partial charge >= 0.3 is 0 Å². The van der Waals surface area contributed by atoms with Crippen molar-refractivity contribution in [2.75, 3.05) is 0 Å². The molecule has 4 heteroatoms. The molecule has 0 aliphatic carbocycles. The largest absolute Gasteiger partial charge is 0.326 e. The zero-order chi connectivity index (χ0) is 8.55. The van der Waals surface area contributed by atoms with Gasteiger partial charge in [-0.25, -0.2) is 0 Å². The van der Waals surface area contributed by atoms with Crippen LogP contribution in [0, 0.1) is 0 Å².